The van der Waals surface area contributed by atoms with Crippen molar-refractivity contribution in [1.82, 2.24) is 15.5 Å². The van der Waals surface area contributed by atoms with Gasteiger partial charge in [-0.1, -0.05) is 6.92 Å². The van der Waals surface area contributed by atoms with E-state index in [-0.39, 0.29) is 23.9 Å². The fraction of sp³-hybridized carbons (Fsp3) is 0.857. The molecule has 0 saturated carbocycles. The highest BCUT2D eigenvalue weighted by molar-refractivity contribution is 5.88. The fourth-order valence-corrected chi connectivity index (χ4v) is 2.96. The number of likely N-dealkylation sites (tertiary alicyclic amines) is 1. The first-order chi connectivity index (χ1) is 9.22. The molecule has 2 aliphatic rings. The summed E-state index contributed by atoms with van der Waals surface area (Å²) < 4.78 is 0. The van der Waals surface area contributed by atoms with Gasteiger partial charge in [0.1, 0.15) is 6.04 Å². The van der Waals surface area contributed by atoms with E-state index in [1.165, 1.54) is 0 Å². The number of hydrogen-bond donors (Lipinski definition) is 2. The summed E-state index contributed by atoms with van der Waals surface area (Å²) >= 11 is 0. The van der Waals surface area contributed by atoms with Crippen molar-refractivity contribution in [3.63, 3.8) is 0 Å². The third-order valence-corrected chi connectivity index (χ3v) is 4.03. The maximum absolute atomic E-state index is 12.3. The lowest BCUT2D eigenvalue weighted by atomic mass is 10.1. The SMILES string of the molecule is CCCC(=O)N1CCCC1C(=O)NC1CCNCC1. The van der Waals surface area contributed by atoms with Gasteiger partial charge < -0.3 is 15.5 Å². The molecule has 0 spiro atoms. The number of nitrogens with one attached hydrogen (secondary N) is 2. The van der Waals surface area contributed by atoms with Crippen LogP contribution in [0.3, 0.4) is 0 Å². The van der Waals surface area contributed by atoms with Crippen LogP contribution in [0.1, 0.15) is 45.4 Å². The highest BCUT2D eigenvalue weighted by Crippen LogP contribution is 2.19. The van der Waals surface area contributed by atoms with Crippen LogP contribution < -0.4 is 10.6 Å². The number of carbonyl (C=O) groups is 2. The van der Waals surface area contributed by atoms with Crippen molar-refractivity contribution in [2.24, 2.45) is 0 Å². The zero-order valence-corrected chi connectivity index (χ0v) is 11.8. The van der Waals surface area contributed by atoms with Crippen molar-refractivity contribution in [2.75, 3.05) is 19.6 Å². The number of hydrogen-bond acceptors (Lipinski definition) is 3. The summed E-state index contributed by atoms with van der Waals surface area (Å²) in [5, 5.41) is 6.40. The molecule has 0 aromatic carbocycles. The summed E-state index contributed by atoms with van der Waals surface area (Å²) in [7, 11) is 0. The molecule has 2 rings (SSSR count). The molecule has 0 aromatic rings. The molecular formula is C14H25N3O2. The Morgan fingerprint density at radius 3 is 2.68 bits per heavy atom. The van der Waals surface area contributed by atoms with E-state index in [1.54, 1.807) is 4.90 Å². The topological polar surface area (TPSA) is 61.4 Å². The molecule has 0 aliphatic carbocycles. The van der Waals surface area contributed by atoms with Crippen LogP contribution in [0, 0.1) is 0 Å². The molecule has 1 unspecified atom stereocenters. The Kier molecular flexibility index (Phi) is 5.19. The number of amides is 2. The lowest BCUT2D eigenvalue weighted by molar-refractivity contribution is -0.138. The van der Waals surface area contributed by atoms with Crippen LogP contribution in [0.25, 0.3) is 0 Å². The summed E-state index contributed by atoms with van der Waals surface area (Å²) in [6.45, 7) is 4.67. The zero-order valence-electron chi connectivity index (χ0n) is 11.8. The molecule has 0 radical (unpaired) electrons. The van der Waals surface area contributed by atoms with Gasteiger partial charge >= 0.3 is 0 Å². The predicted molar refractivity (Wildman–Crippen MR) is 73.7 cm³/mol. The van der Waals surface area contributed by atoms with E-state index < -0.39 is 0 Å². The van der Waals surface area contributed by atoms with E-state index in [2.05, 4.69) is 10.6 Å². The van der Waals surface area contributed by atoms with Gasteiger partial charge in [0.05, 0.1) is 0 Å². The quantitative estimate of drug-likeness (QED) is 0.786. The Morgan fingerprint density at radius 1 is 1.26 bits per heavy atom. The summed E-state index contributed by atoms with van der Waals surface area (Å²) in [6.07, 6.45) is 5.13. The van der Waals surface area contributed by atoms with E-state index in [9.17, 15) is 9.59 Å². The molecule has 2 fully saturated rings. The molecular weight excluding hydrogens is 242 g/mol. The normalized spacial score (nSPS) is 24.5. The molecule has 5 nitrogen and oxygen atoms in total. The minimum atomic E-state index is -0.228. The Morgan fingerprint density at radius 2 is 2.00 bits per heavy atom. The average Bonchev–Trinajstić information content (AvgIpc) is 2.89. The van der Waals surface area contributed by atoms with Gasteiger partial charge in [0.15, 0.2) is 0 Å². The molecule has 2 N–H and O–H groups in total. The molecule has 0 bridgehead atoms. The fourth-order valence-electron chi connectivity index (χ4n) is 2.96. The molecule has 2 aliphatic heterocycles. The monoisotopic (exact) mass is 267 g/mol. The van der Waals surface area contributed by atoms with Gasteiger partial charge in [0.2, 0.25) is 11.8 Å². The van der Waals surface area contributed by atoms with Crippen molar-refractivity contribution in [3.05, 3.63) is 0 Å². The molecule has 2 heterocycles. The first kappa shape index (κ1) is 14.3. The minimum Gasteiger partial charge on any atom is -0.351 e. The van der Waals surface area contributed by atoms with Gasteiger partial charge in [0, 0.05) is 19.0 Å². The Hall–Kier alpha value is -1.10. The number of rotatable bonds is 4. The van der Waals surface area contributed by atoms with Crippen LogP contribution in [0.15, 0.2) is 0 Å². The Bertz CT molecular complexity index is 327. The molecule has 0 aromatic heterocycles. The van der Waals surface area contributed by atoms with Gasteiger partial charge in [-0.15, -0.1) is 0 Å². The first-order valence-electron chi connectivity index (χ1n) is 7.53. The van der Waals surface area contributed by atoms with Crippen molar-refractivity contribution in [1.29, 1.82) is 0 Å². The van der Waals surface area contributed by atoms with E-state index in [0.717, 1.165) is 51.7 Å². The van der Waals surface area contributed by atoms with E-state index in [1.807, 2.05) is 6.92 Å². The minimum absolute atomic E-state index is 0.0499. The second-order valence-electron chi connectivity index (χ2n) is 5.53. The third-order valence-electron chi connectivity index (χ3n) is 4.03. The standard InChI is InChI=1S/C14H25N3O2/c1-2-4-13(18)17-10-3-5-12(17)14(19)16-11-6-8-15-9-7-11/h11-12,15H,2-10H2,1H3,(H,16,19). The van der Waals surface area contributed by atoms with E-state index >= 15 is 0 Å². The number of carbonyl (C=O) groups excluding carboxylic acids is 2. The molecule has 2 saturated heterocycles. The summed E-state index contributed by atoms with van der Waals surface area (Å²) in [4.78, 5) is 26.1. The van der Waals surface area contributed by atoms with Crippen molar-refractivity contribution < 1.29 is 9.59 Å². The van der Waals surface area contributed by atoms with Crippen molar-refractivity contribution in [3.8, 4) is 0 Å². The lowest BCUT2D eigenvalue weighted by Gasteiger charge is -2.28. The largest absolute Gasteiger partial charge is 0.351 e. The van der Waals surface area contributed by atoms with Gasteiger partial charge in [-0.05, 0) is 45.2 Å². The first-order valence-corrected chi connectivity index (χ1v) is 7.53. The summed E-state index contributed by atoms with van der Waals surface area (Å²) in [5.41, 5.74) is 0. The molecule has 5 heteroatoms. The van der Waals surface area contributed by atoms with E-state index in [0.29, 0.717) is 6.42 Å². The van der Waals surface area contributed by atoms with Gasteiger partial charge in [-0.25, -0.2) is 0 Å². The number of nitrogens with zero attached hydrogens (tertiary/aromatic N) is 1. The molecule has 19 heavy (non-hydrogen) atoms. The lowest BCUT2D eigenvalue weighted by Crippen LogP contribution is -2.51. The van der Waals surface area contributed by atoms with Crippen LogP contribution >= 0.6 is 0 Å². The second kappa shape index (κ2) is 6.89. The van der Waals surface area contributed by atoms with Crippen molar-refractivity contribution >= 4 is 11.8 Å². The summed E-state index contributed by atoms with van der Waals surface area (Å²) in [5.74, 6) is 0.180. The molecule has 2 amide bonds. The van der Waals surface area contributed by atoms with Crippen LogP contribution in [0.5, 0.6) is 0 Å². The number of piperidine rings is 1. The maximum Gasteiger partial charge on any atom is 0.243 e. The van der Waals surface area contributed by atoms with Crippen LogP contribution in [-0.2, 0) is 9.59 Å². The molecule has 1 atom stereocenters. The predicted octanol–water partition coefficient (Wildman–Crippen LogP) is 0.646. The summed E-state index contributed by atoms with van der Waals surface area (Å²) in [6, 6.07) is 0.0476. The average molecular weight is 267 g/mol. The maximum atomic E-state index is 12.3. The Balaban J connectivity index is 1.87. The second-order valence-corrected chi connectivity index (χ2v) is 5.53. The zero-order chi connectivity index (χ0) is 13.7. The highest BCUT2D eigenvalue weighted by atomic mass is 16.2. The van der Waals surface area contributed by atoms with Crippen molar-refractivity contribution in [2.45, 2.75) is 57.5 Å². The van der Waals surface area contributed by atoms with Gasteiger partial charge in [0.25, 0.3) is 0 Å². The highest BCUT2D eigenvalue weighted by Gasteiger charge is 2.34. The third kappa shape index (κ3) is 3.69. The van der Waals surface area contributed by atoms with Gasteiger partial charge in [-0.3, -0.25) is 9.59 Å². The van der Waals surface area contributed by atoms with Gasteiger partial charge in [-0.2, -0.15) is 0 Å². The van der Waals surface area contributed by atoms with Crippen LogP contribution in [-0.4, -0.2) is 48.4 Å². The van der Waals surface area contributed by atoms with Crippen LogP contribution in [0.4, 0.5) is 0 Å². The smallest absolute Gasteiger partial charge is 0.243 e. The van der Waals surface area contributed by atoms with E-state index in [4.69, 9.17) is 0 Å². The molecule has 108 valence electrons. The Labute approximate surface area is 115 Å². The van der Waals surface area contributed by atoms with Crippen LogP contribution in [0.2, 0.25) is 0 Å².